The highest BCUT2D eigenvalue weighted by molar-refractivity contribution is 9.10. The smallest absolute Gasteiger partial charge is 0.169 e. The Kier molecular flexibility index (Phi) is 5.40. The number of piperidine rings is 1. The van der Waals surface area contributed by atoms with Crippen LogP contribution in [0.5, 0.6) is 0 Å². The van der Waals surface area contributed by atoms with E-state index < -0.39 is 0 Å². The minimum atomic E-state index is 0.446. The number of likely N-dealkylation sites (N-methyl/N-ethyl adjacent to an activating group) is 1. The van der Waals surface area contributed by atoms with E-state index in [9.17, 15) is 0 Å². The lowest BCUT2D eigenvalue weighted by atomic mass is 10.0. The number of hydrogen-bond donors (Lipinski definition) is 0. The van der Waals surface area contributed by atoms with Gasteiger partial charge in [0.15, 0.2) is 4.67 Å². The van der Waals surface area contributed by atoms with E-state index in [1.165, 1.54) is 12.8 Å². The first-order chi connectivity index (χ1) is 11.5. The molecule has 6 nitrogen and oxygen atoms in total. The first kappa shape index (κ1) is 17.2. The van der Waals surface area contributed by atoms with Gasteiger partial charge in [0.2, 0.25) is 0 Å². The van der Waals surface area contributed by atoms with Gasteiger partial charge >= 0.3 is 0 Å². The summed E-state index contributed by atoms with van der Waals surface area (Å²) in [6, 6.07) is 6.47. The summed E-state index contributed by atoms with van der Waals surface area (Å²) in [5.41, 5.74) is 0. The molecule has 1 aliphatic heterocycles. The summed E-state index contributed by atoms with van der Waals surface area (Å²) < 4.78 is 6.44. The van der Waals surface area contributed by atoms with Crippen LogP contribution in [-0.4, -0.2) is 55.1 Å². The molecule has 2 aromatic rings. The lowest BCUT2D eigenvalue weighted by Crippen LogP contribution is -2.46. The van der Waals surface area contributed by atoms with Gasteiger partial charge in [0.1, 0.15) is 23.7 Å². The highest BCUT2D eigenvalue weighted by Crippen LogP contribution is 2.23. The number of hydrogen-bond acceptors (Lipinski definition) is 6. The Morgan fingerprint density at radius 3 is 2.75 bits per heavy atom. The number of aromatic nitrogens is 2. The van der Waals surface area contributed by atoms with E-state index in [-0.39, 0.29) is 0 Å². The summed E-state index contributed by atoms with van der Waals surface area (Å²) >= 11 is 3.37. The molecule has 0 aliphatic carbocycles. The molecule has 0 amide bonds. The molecule has 130 valence electrons. The van der Waals surface area contributed by atoms with Crippen molar-refractivity contribution in [3.05, 3.63) is 35.0 Å². The Labute approximate surface area is 151 Å². The molecule has 0 N–H and O–H groups in total. The number of likely N-dealkylation sites (tertiary alicyclic amines) is 1. The van der Waals surface area contributed by atoms with E-state index in [4.69, 9.17) is 4.42 Å². The van der Waals surface area contributed by atoms with Crippen LogP contribution in [0.25, 0.3) is 0 Å². The topological polar surface area (TPSA) is 48.6 Å². The Morgan fingerprint density at radius 1 is 1.25 bits per heavy atom. The fourth-order valence-electron chi connectivity index (χ4n) is 3.11. The lowest BCUT2D eigenvalue weighted by molar-refractivity contribution is 0.184. The molecule has 0 spiro atoms. The molecule has 7 heteroatoms. The minimum Gasteiger partial charge on any atom is -0.453 e. The molecule has 1 atom stereocenters. The highest BCUT2D eigenvalue weighted by atomic mass is 79.9. The predicted molar refractivity (Wildman–Crippen MR) is 99.5 cm³/mol. The summed E-state index contributed by atoms with van der Waals surface area (Å²) in [6.45, 7) is 2.97. The van der Waals surface area contributed by atoms with Gasteiger partial charge in [0.05, 0.1) is 6.54 Å². The first-order valence-corrected chi connectivity index (χ1v) is 9.01. The maximum absolute atomic E-state index is 5.64. The largest absolute Gasteiger partial charge is 0.453 e. The summed E-state index contributed by atoms with van der Waals surface area (Å²) in [5.74, 6) is 2.91. The molecule has 1 unspecified atom stereocenters. The standard InChI is InChI=1S/C17H24BrN5O/c1-21(2)16-9-17(20-12-19-16)22(3)13-5-4-8-23(10-13)11-14-6-7-15(18)24-14/h6-7,9,12-13H,4-5,8,10-11H2,1-3H3. The molecule has 2 aromatic heterocycles. The summed E-state index contributed by atoms with van der Waals surface area (Å²) in [4.78, 5) is 15.5. The van der Waals surface area contributed by atoms with Gasteiger partial charge in [-0.05, 0) is 47.4 Å². The van der Waals surface area contributed by atoms with Crippen molar-refractivity contribution in [1.29, 1.82) is 0 Å². The van der Waals surface area contributed by atoms with E-state index >= 15 is 0 Å². The Balaban J connectivity index is 1.66. The van der Waals surface area contributed by atoms with Crippen LogP contribution in [0.3, 0.4) is 0 Å². The van der Waals surface area contributed by atoms with E-state index in [2.05, 4.69) is 42.7 Å². The quantitative estimate of drug-likeness (QED) is 0.777. The zero-order valence-corrected chi connectivity index (χ0v) is 16.0. The average Bonchev–Trinajstić information content (AvgIpc) is 2.99. The van der Waals surface area contributed by atoms with Gasteiger partial charge < -0.3 is 14.2 Å². The van der Waals surface area contributed by atoms with Crippen LogP contribution in [0.4, 0.5) is 11.6 Å². The van der Waals surface area contributed by atoms with E-state index in [1.54, 1.807) is 6.33 Å². The third-order valence-corrected chi connectivity index (χ3v) is 4.92. The monoisotopic (exact) mass is 393 g/mol. The molecular weight excluding hydrogens is 370 g/mol. The van der Waals surface area contributed by atoms with Crippen LogP contribution in [0, 0.1) is 0 Å². The van der Waals surface area contributed by atoms with Gasteiger partial charge in [-0.1, -0.05) is 0 Å². The summed E-state index contributed by atoms with van der Waals surface area (Å²) in [5, 5.41) is 0. The Morgan fingerprint density at radius 2 is 2.04 bits per heavy atom. The lowest BCUT2D eigenvalue weighted by Gasteiger charge is -2.38. The van der Waals surface area contributed by atoms with Crippen LogP contribution in [0.1, 0.15) is 18.6 Å². The van der Waals surface area contributed by atoms with E-state index in [0.717, 1.165) is 41.7 Å². The zero-order valence-electron chi connectivity index (χ0n) is 14.4. The van der Waals surface area contributed by atoms with Gasteiger partial charge in [-0.25, -0.2) is 9.97 Å². The molecule has 0 bridgehead atoms. The van der Waals surface area contributed by atoms with Crippen molar-refractivity contribution in [3.8, 4) is 0 Å². The van der Waals surface area contributed by atoms with Crippen molar-refractivity contribution >= 4 is 27.6 Å². The fourth-order valence-corrected chi connectivity index (χ4v) is 3.45. The second-order valence-corrected chi connectivity index (χ2v) is 7.26. The molecule has 0 saturated carbocycles. The van der Waals surface area contributed by atoms with Crippen LogP contribution in [0.2, 0.25) is 0 Å². The number of furan rings is 1. The molecule has 1 saturated heterocycles. The second-order valence-electron chi connectivity index (χ2n) is 6.48. The molecule has 0 aromatic carbocycles. The van der Waals surface area contributed by atoms with Crippen molar-refractivity contribution < 1.29 is 4.42 Å². The minimum absolute atomic E-state index is 0.446. The van der Waals surface area contributed by atoms with Crippen LogP contribution >= 0.6 is 15.9 Å². The third kappa shape index (κ3) is 4.08. The number of rotatable bonds is 5. The summed E-state index contributed by atoms with van der Waals surface area (Å²) in [6.07, 6.45) is 4.00. The molecular formula is C17H24BrN5O. The maximum atomic E-state index is 5.64. The van der Waals surface area contributed by atoms with E-state index in [1.807, 2.05) is 37.2 Å². The van der Waals surface area contributed by atoms with Crippen LogP contribution < -0.4 is 9.80 Å². The Hall–Kier alpha value is -1.60. The second kappa shape index (κ2) is 7.53. The molecule has 0 radical (unpaired) electrons. The molecule has 3 rings (SSSR count). The van der Waals surface area contributed by atoms with Gasteiger partial charge in [0, 0.05) is 39.8 Å². The third-order valence-electron chi connectivity index (χ3n) is 4.49. The van der Waals surface area contributed by atoms with Crippen molar-refractivity contribution in [2.24, 2.45) is 0 Å². The van der Waals surface area contributed by atoms with Crippen molar-refractivity contribution in [2.45, 2.75) is 25.4 Å². The SMILES string of the molecule is CN(C)c1cc(N(C)C2CCCN(Cc3ccc(Br)o3)C2)ncn1. The molecule has 3 heterocycles. The average molecular weight is 394 g/mol. The molecule has 1 aliphatic rings. The van der Waals surface area contributed by atoms with Crippen molar-refractivity contribution in [1.82, 2.24) is 14.9 Å². The highest BCUT2D eigenvalue weighted by Gasteiger charge is 2.25. The molecule has 1 fully saturated rings. The fraction of sp³-hybridized carbons (Fsp3) is 0.529. The number of halogens is 1. The normalized spacial score (nSPS) is 18.6. The van der Waals surface area contributed by atoms with Crippen molar-refractivity contribution in [3.63, 3.8) is 0 Å². The first-order valence-electron chi connectivity index (χ1n) is 8.21. The number of anilines is 2. The number of nitrogens with zero attached hydrogens (tertiary/aromatic N) is 5. The van der Waals surface area contributed by atoms with Crippen LogP contribution in [0.15, 0.2) is 33.6 Å². The van der Waals surface area contributed by atoms with Gasteiger partial charge in [0.25, 0.3) is 0 Å². The maximum Gasteiger partial charge on any atom is 0.169 e. The zero-order chi connectivity index (χ0) is 17.1. The van der Waals surface area contributed by atoms with Gasteiger partial charge in [-0.2, -0.15) is 0 Å². The molecule has 24 heavy (non-hydrogen) atoms. The van der Waals surface area contributed by atoms with Gasteiger partial charge in [-0.3, -0.25) is 4.90 Å². The van der Waals surface area contributed by atoms with Gasteiger partial charge in [-0.15, -0.1) is 0 Å². The van der Waals surface area contributed by atoms with E-state index in [0.29, 0.717) is 6.04 Å². The van der Waals surface area contributed by atoms with Crippen molar-refractivity contribution in [2.75, 3.05) is 44.0 Å². The summed E-state index contributed by atoms with van der Waals surface area (Å²) in [7, 11) is 6.12. The predicted octanol–water partition coefficient (Wildman–Crippen LogP) is 3.00. The Bertz CT molecular complexity index is 675. The van der Waals surface area contributed by atoms with Crippen LogP contribution in [-0.2, 0) is 6.54 Å².